The van der Waals surface area contributed by atoms with E-state index in [4.69, 9.17) is 0 Å². The van der Waals surface area contributed by atoms with Crippen LogP contribution in [-0.4, -0.2) is 33.9 Å². The fourth-order valence-corrected chi connectivity index (χ4v) is 4.55. The zero-order valence-corrected chi connectivity index (χ0v) is 17.0. The molecular weight excluding hydrogens is 388 g/mol. The molecule has 0 radical (unpaired) electrons. The molecule has 2 amide bonds. The van der Waals surface area contributed by atoms with Gasteiger partial charge in [-0.3, -0.25) is 19.2 Å². The standard InChI is InChI=1S/C22H22N2O4S/c1-13(25)15-7-3-5-9-17(15)23-21(27)19-11-12-20(29-19)22(28)24-18-10-6-4-8-16(18)14(2)26/h3-10,19-20H,11-12H2,1-2H3,(H,23,27)(H,24,28)/t19-,20+. The number of ketones is 2. The van der Waals surface area contributed by atoms with Crippen LogP contribution in [0.25, 0.3) is 0 Å². The molecule has 1 heterocycles. The second-order valence-corrected chi connectivity index (χ2v) is 8.28. The van der Waals surface area contributed by atoms with Crippen LogP contribution < -0.4 is 10.6 Å². The van der Waals surface area contributed by atoms with Crippen LogP contribution in [0.3, 0.4) is 0 Å². The van der Waals surface area contributed by atoms with Gasteiger partial charge in [-0.15, -0.1) is 11.8 Å². The van der Waals surface area contributed by atoms with Crippen LogP contribution in [0.4, 0.5) is 11.4 Å². The fraction of sp³-hybridized carbons (Fsp3) is 0.273. The van der Waals surface area contributed by atoms with Crippen molar-refractivity contribution >= 4 is 46.5 Å². The molecule has 1 saturated heterocycles. The van der Waals surface area contributed by atoms with E-state index in [1.807, 2.05) is 0 Å². The first kappa shape index (κ1) is 20.8. The Labute approximate surface area is 173 Å². The summed E-state index contributed by atoms with van der Waals surface area (Å²) in [6, 6.07) is 13.7. The quantitative estimate of drug-likeness (QED) is 0.704. The lowest BCUT2D eigenvalue weighted by molar-refractivity contribution is -0.116. The van der Waals surface area contributed by atoms with Crippen molar-refractivity contribution in [3.63, 3.8) is 0 Å². The molecular formula is C22H22N2O4S. The minimum Gasteiger partial charge on any atom is -0.324 e. The minimum absolute atomic E-state index is 0.124. The minimum atomic E-state index is -0.381. The maximum atomic E-state index is 12.6. The van der Waals surface area contributed by atoms with Gasteiger partial charge in [-0.2, -0.15) is 0 Å². The van der Waals surface area contributed by atoms with Gasteiger partial charge in [0.2, 0.25) is 11.8 Å². The summed E-state index contributed by atoms with van der Waals surface area (Å²) < 4.78 is 0. The van der Waals surface area contributed by atoms with Gasteiger partial charge in [-0.25, -0.2) is 0 Å². The molecule has 6 nitrogen and oxygen atoms in total. The van der Waals surface area contributed by atoms with Crippen molar-refractivity contribution in [2.45, 2.75) is 37.2 Å². The summed E-state index contributed by atoms with van der Waals surface area (Å²) >= 11 is 1.30. The van der Waals surface area contributed by atoms with Crippen LogP contribution >= 0.6 is 11.8 Å². The molecule has 29 heavy (non-hydrogen) atoms. The molecule has 0 unspecified atom stereocenters. The van der Waals surface area contributed by atoms with Crippen LogP contribution in [-0.2, 0) is 9.59 Å². The van der Waals surface area contributed by atoms with Gasteiger partial charge in [0.25, 0.3) is 0 Å². The molecule has 2 aromatic rings. The molecule has 0 bridgehead atoms. The second kappa shape index (κ2) is 9.05. The largest absolute Gasteiger partial charge is 0.324 e. The third kappa shape index (κ3) is 4.92. The van der Waals surface area contributed by atoms with E-state index in [1.54, 1.807) is 48.5 Å². The molecule has 0 spiro atoms. The Kier molecular flexibility index (Phi) is 6.49. The van der Waals surface area contributed by atoms with E-state index in [0.29, 0.717) is 35.3 Å². The van der Waals surface area contributed by atoms with Crippen molar-refractivity contribution in [3.8, 4) is 0 Å². The van der Waals surface area contributed by atoms with Crippen LogP contribution in [0.15, 0.2) is 48.5 Å². The number of carbonyl (C=O) groups excluding carboxylic acids is 4. The Morgan fingerprint density at radius 3 is 1.48 bits per heavy atom. The molecule has 2 atom stereocenters. The molecule has 1 aliphatic heterocycles. The summed E-state index contributed by atoms with van der Waals surface area (Å²) in [5, 5.41) is 4.86. The number of thioether (sulfide) groups is 1. The van der Waals surface area contributed by atoms with Crippen molar-refractivity contribution in [3.05, 3.63) is 59.7 Å². The molecule has 0 saturated carbocycles. The Hall–Kier alpha value is -2.93. The molecule has 1 aliphatic rings. The number of para-hydroxylation sites is 2. The summed E-state index contributed by atoms with van der Waals surface area (Å²) in [6.07, 6.45) is 1.12. The molecule has 0 aromatic heterocycles. The van der Waals surface area contributed by atoms with Gasteiger partial charge in [-0.1, -0.05) is 24.3 Å². The van der Waals surface area contributed by atoms with Crippen molar-refractivity contribution in [2.24, 2.45) is 0 Å². The van der Waals surface area contributed by atoms with E-state index in [9.17, 15) is 19.2 Å². The first-order valence-corrected chi connectivity index (χ1v) is 10.3. The molecule has 2 aromatic carbocycles. The number of Topliss-reactive ketones (excluding diaryl/α,β-unsaturated/α-hetero) is 2. The number of rotatable bonds is 6. The Bertz CT molecular complexity index is 895. The summed E-state index contributed by atoms with van der Waals surface area (Å²) in [7, 11) is 0. The van der Waals surface area contributed by atoms with Gasteiger partial charge in [0.05, 0.1) is 21.9 Å². The Balaban J connectivity index is 1.63. The lowest BCUT2D eigenvalue weighted by Crippen LogP contribution is -2.26. The van der Waals surface area contributed by atoms with E-state index in [-0.39, 0.29) is 33.9 Å². The van der Waals surface area contributed by atoms with Gasteiger partial charge in [0.1, 0.15) is 0 Å². The third-order valence-electron chi connectivity index (χ3n) is 4.73. The number of hydrogen-bond acceptors (Lipinski definition) is 5. The highest BCUT2D eigenvalue weighted by molar-refractivity contribution is 8.02. The molecule has 1 fully saturated rings. The summed E-state index contributed by atoms with van der Waals surface area (Å²) in [5.74, 6) is -0.686. The van der Waals surface area contributed by atoms with Crippen LogP contribution in [0.1, 0.15) is 47.4 Å². The van der Waals surface area contributed by atoms with E-state index in [2.05, 4.69) is 10.6 Å². The van der Waals surface area contributed by atoms with Crippen LogP contribution in [0.5, 0.6) is 0 Å². The summed E-state index contributed by atoms with van der Waals surface area (Å²) in [5.41, 5.74) is 1.88. The average Bonchev–Trinajstić information content (AvgIpc) is 3.19. The zero-order chi connectivity index (χ0) is 21.0. The maximum absolute atomic E-state index is 12.6. The van der Waals surface area contributed by atoms with Crippen molar-refractivity contribution in [1.29, 1.82) is 0 Å². The van der Waals surface area contributed by atoms with E-state index in [0.717, 1.165) is 0 Å². The van der Waals surface area contributed by atoms with E-state index < -0.39 is 0 Å². The van der Waals surface area contributed by atoms with Gasteiger partial charge in [-0.05, 0) is 51.0 Å². The Morgan fingerprint density at radius 2 is 1.10 bits per heavy atom. The highest BCUT2D eigenvalue weighted by atomic mass is 32.2. The molecule has 2 N–H and O–H groups in total. The van der Waals surface area contributed by atoms with Crippen LogP contribution in [0.2, 0.25) is 0 Å². The summed E-state index contributed by atoms with van der Waals surface area (Å²) in [6.45, 7) is 2.91. The SMILES string of the molecule is CC(=O)c1ccccc1NC(=O)[C@@H]1CC[C@H](C(=O)Nc2ccccc2C(C)=O)S1. The first-order chi connectivity index (χ1) is 13.9. The second-order valence-electron chi connectivity index (χ2n) is 6.87. The highest BCUT2D eigenvalue weighted by Gasteiger charge is 2.35. The number of hydrogen-bond donors (Lipinski definition) is 2. The lowest BCUT2D eigenvalue weighted by Gasteiger charge is -2.14. The van der Waals surface area contributed by atoms with Gasteiger partial charge >= 0.3 is 0 Å². The predicted octanol–water partition coefficient (Wildman–Crippen LogP) is 3.93. The highest BCUT2D eigenvalue weighted by Crippen LogP contribution is 2.35. The number of benzene rings is 2. The topological polar surface area (TPSA) is 92.3 Å². The normalized spacial score (nSPS) is 18.1. The third-order valence-corrected chi connectivity index (χ3v) is 6.29. The molecule has 150 valence electrons. The number of anilines is 2. The van der Waals surface area contributed by atoms with Crippen molar-refractivity contribution in [2.75, 3.05) is 10.6 Å². The molecule has 7 heteroatoms. The van der Waals surface area contributed by atoms with Gasteiger partial charge in [0.15, 0.2) is 11.6 Å². The summed E-state index contributed by atoms with van der Waals surface area (Å²) in [4.78, 5) is 48.7. The number of nitrogens with one attached hydrogen (secondary N) is 2. The Morgan fingerprint density at radius 1 is 0.724 bits per heavy atom. The fourth-order valence-electron chi connectivity index (χ4n) is 3.25. The van der Waals surface area contributed by atoms with E-state index in [1.165, 1.54) is 25.6 Å². The zero-order valence-electron chi connectivity index (χ0n) is 16.2. The predicted molar refractivity (Wildman–Crippen MR) is 115 cm³/mol. The molecule has 0 aliphatic carbocycles. The maximum Gasteiger partial charge on any atom is 0.237 e. The monoisotopic (exact) mass is 410 g/mol. The van der Waals surface area contributed by atoms with Gasteiger partial charge < -0.3 is 10.6 Å². The lowest BCUT2D eigenvalue weighted by atomic mass is 10.1. The molecule has 3 rings (SSSR count). The van der Waals surface area contributed by atoms with Crippen molar-refractivity contribution < 1.29 is 19.2 Å². The van der Waals surface area contributed by atoms with Crippen LogP contribution in [0, 0.1) is 0 Å². The first-order valence-electron chi connectivity index (χ1n) is 9.34. The van der Waals surface area contributed by atoms with Crippen molar-refractivity contribution in [1.82, 2.24) is 0 Å². The smallest absolute Gasteiger partial charge is 0.237 e. The number of carbonyl (C=O) groups is 4. The number of amides is 2. The average molecular weight is 410 g/mol. The van der Waals surface area contributed by atoms with E-state index >= 15 is 0 Å². The van der Waals surface area contributed by atoms with Gasteiger partial charge in [0, 0.05) is 11.1 Å².